The molecule has 4 bridgehead atoms. The number of fused-ring (bicyclic) bond motifs is 4. The fraction of sp³-hybridized carbons (Fsp3) is 0.120. The molecule has 4 fully saturated rings. The van der Waals surface area contributed by atoms with Crippen molar-refractivity contribution in [2.75, 3.05) is 14.7 Å². The molecule has 0 N–H and O–H groups in total. The van der Waals surface area contributed by atoms with Crippen LogP contribution >= 0.6 is 0 Å². The lowest BCUT2D eigenvalue weighted by molar-refractivity contribution is 0.0900. The SMILES string of the molecule is c1ccc(-c2ccc3c(c2)N(c2c(-c4ccccc4)cccc2-c2ccccc2)c2cc(N4C5CC6CC(C5)CC4C6)cc4c2B3c2ccc(-c3ccccc3)cc2N4c2c(-c3ccccc3)cccc2-c2ccccc2)cc1. The Morgan fingerprint density at radius 3 is 0.949 bits per heavy atom. The first kappa shape index (κ1) is 46.0. The molecule has 2 saturated carbocycles. The summed E-state index contributed by atoms with van der Waals surface area (Å²) in [6.45, 7) is -0.0900. The van der Waals surface area contributed by atoms with E-state index in [2.05, 4.69) is 282 Å². The number of piperidine rings is 2. The van der Waals surface area contributed by atoms with E-state index in [4.69, 9.17) is 0 Å². The molecule has 4 heterocycles. The Balaban J connectivity index is 1.07. The standard InChI is InChI=1S/C75H58BN3/c1-7-21-52(22-8-1)58-37-39-67-69(46-58)78(74-63(54-25-11-3-12-26-54)33-19-34-64(74)55-27-13-4-14-28-55)71-48-62(77-60-42-50-41-51(44-60)45-61(77)43-50)49-72-73(71)76(67)68-40-38-59(53-23-9-2-10-24-53)47-70(68)79(72)75-65(56-29-15-5-16-30-56)35-20-36-66(75)57-31-17-6-18-32-57/h1-40,46-51,60-61H,41-45H2. The van der Waals surface area contributed by atoms with Crippen molar-refractivity contribution in [3.63, 3.8) is 0 Å². The minimum absolute atomic E-state index is 0.0900. The molecule has 11 aromatic carbocycles. The van der Waals surface area contributed by atoms with Crippen LogP contribution in [-0.2, 0) is 0 Å². The smallest absolute Gasteiger partial charge is 0.252 e. The highest BCUT2D eigenvalue weighted by molar-refractivity contribution is 7.00. The minimum atomic E-state index is -0.0900. The van der Waals surface area contributed by atoms with Crippen LogP contribution in [0, 0.1) is 11.8 Å². The quantitative estimate of drug-likeness (QED) is 0.133. The molecule has 3 nitrogen and oxygen atoms in total. The van der Waals surface area contributed by atoms with E-state index < -0.39 is 0 Å². The maximum Gasteiger partial charge on any atom is 0.252 e. The van der Waals surface area contributed by atoms with Crippen LogP contribution in [0.25, 0.3) is 66.8 Å². The summed E-state index contributed by atoms with van der Waals surface area (Å²) >= 11 is 0. The summed E-state index contributed by atoms with van der Waals surface area (Å²) in [6.07, 6.45) is 6.48. The Kier molecular flexibility index (Phi) is 11.0. The van der Waals surface area contributed by atoms with Crippen molar-refractivity contribution in [2.24, 2.45) is 11.8 Å². The molecule has 79 heavy (non-hydrogen) atoms. The molecular formula is C75H58BN3. The molecule has 11 aromatic rings. The van der Waals surface area contributed by atoms with E-state index in [1.807, 2.05) is 0 Å². The zero-order valence-electron chi connectivity index (χ0n) is 44.2. The molecule has 0 radical (unpaired) electrons. The second-order valence-electron chi connectivity index (χ2n) is 22.8. The van der Waals surface area contributed by atoms with Gasteiger partial charge < -0.3 is 14.7 Å². The molecule has 0 aromatic heterocycles. The van der Waals surface area contributed by atoms with E-state index in [0.29, 0.717) is 12.1 Å². The third kappa shape index (κ3) is 7.64. The van der Waals surface area contributed by atoms with E-state index in [0.717, 1.165) is 11.8 Å². The average Bonchev–Trinajstić information content (AvgIpc) is 3.55. The van der Waals surface area contributed by atoms with Gasteiger partial charge in [-0.3, -0.25) is 0 Å². The molecule has 4 aliphatic heterocycles. The van der Waals surface area contributed by atoms with Crippen LogP contribution in [0.3, 0.4) is 0 Å². The maximum atomic E-state index is 2.93. The summed E-state index contributed by atoms with van der Waals surface area (Å²) in [6, 6.07) is 101. The zero-order valence-corrected chi connectivity index (χ0v) is 44.2. The van der Waals surface area contributed by atoms with E-state index in [1.165, 1.54) is 155 Å². The first-order valence-electron chi connectivity index (χ1n) is 28.6. The zero-order chi connectivity index (χ0) is 52.0. The summed E-state index contributed by atoms with van der Waals surface area (Å²) < 4.78 is 0. The van der Waals surface area contributed by atoms with Crippen molar-refractivity contribution in [3.8, 4) is 66.8 Å². The number of anilines is 7. The second kappa shape index (κ2) is 18.8. The summed E-state index contributed by atoms with van der Waals surface area (Å²) in [5.41, 5.74) is 26.9. The number of hydrogen-bond donors (Lipinski definition) is 0. The lowest BCUT2D eigenvalue weighted by Gasteiger charge is -2.58. The highest BCUT2D eigenvalue weighted by Gasteiger charge is 2.50. The van der Waals surface area contributed by atoms with Crippen LogP contribution in [-0.4, -0.2) is 18.8 Å². The molecule has 2 aliphatic carbocycles. The Bertz CT molecular complexity index is 3700. The van der Waals surface area contributed by atoms with Gasteiger partial charge in [-0.2, -0.15) is 0 Å². The van der Waals surface area contributed by atoms with Crippen molar-refractivity contribution >= 4 is 62.9 Å². The molecule has 17 rings (SSSR count). The summed E-state index contributed by atoms with van der Waals surface area (Å²) in [5, 5.41) is 0. The number of hydrogen-bond acceptors (Lipinski definition) is 3. The topological polar surface area (TPSA) is 9.72 Å². The van der Waals surface area contributed by atoms with Gasteiger partial charge in [-0.15, -0.1) is 0 Å². The van der Waals surface area contributed by atoms with Gasteiger partial charge >= 0.3 is 0 Å². The normalized spacial score (nSPS) is 18.3. The third-order valence-electron chi connectivity index (χ3n) is 18.3. The first-order valence-corrected chi connectivity index (χ1v) is 28.6. The largest absolute Gasteiger partial charge is 0.365 e. The lowest BCUT2D eigenvalue weighted by atomic mass is 9.33. The van der Waals surface area contributed by atoms with Gasteiger partial charge in [0.25, 0.3) is 6.71 Å². The summed E-state index contributed by atoms with van der Waals surface area (Å²) in [5.74, 6) is 1.63. The van der Waals surface area contributed by atoms with Crippen molar-refractivity contribution in [1.29, 1.82) is 0 Å². The molecule has 0 atom stereocenters. The predicted molar refractivity (Wildman–Crippen MR) is 333 cm³/mol. The molecule has 376 valence electrons. The number of nitrogens with zero attached hydrogens (tertiary/aromatic N) is 3. The lowest BCUT2D eigenvalue weighted by Crippen LogP contribution is -2.62. The van der Waals surface area contributed by atoms with Gasteiger partial charge in [0, 0.05) is 62.8 Å². The van der Waals surface area contributed by atoms with E-state index in [-0.39, 0.29) is 6.71 Å². The number of para-hydroxylation sites is 2. The van der Waals surface area contributed by atoms with Crippen LogP contribution in [0.5, 0.6) is 0 Å². The Morgan fingerprint density at radius 2 is 0.608 bits per heavy atom. The molecule has 4 heteroatoms. The van der Waals surface area contributed by atoms with Gasteiger partial charge in [-0.05, 0) is 129 Å². The second-order valence-corrected chi connectivity index (χ2v) is 22.8. The highest BCUT2D eigenvalue weighted by Crippen LogP contribution is 2.56. The number of rotatable bonds is 9. The third-order valence-corrected chi connectivity index (χ3v) is 18.3. The van der Waals surface area contributed by atoms with Gasteiger partial charge in [0.05, 0.1) is 11.4 Å². The fourth-order valence-corrected chi connectivity index (χ4v) is 15.2. The van der Waals surface area contributed by atoms with Crippen LogP contribution in [0.4, 0.5) is 39.8 Å². The van der Waals surface area contributed by atoms with Gasteiger partial charge in [0.2, 0.25) is 0 Å². The highest BCUT2D eigenvalue weighted by atomic mass is 15.2. The van der Waals surface area contributed by atoms with Crippen molar-refractivity contribution in [1.82, 2.24) is 0 Å². The van der Waals surface area contributed by atoms with Crippen molar-refractivity contribution < 1.29 is 0 Å². The average molecular weight is 1010 g/mol. The Morgan fingerprint density at radius 1 is 0.278 bits per heavy atom. The van der Waals surface area contributed by atoms with Gasteiger partial charge in [0.1, 0.15) is 0 Å². The molecule has 6 aliphatic rings. The molecule has 2 saturated heterocycles. The Hall–Kier alpha value is -9.12. The molecular weight excluding hydrogens is 954 g/mol. The van der Waals surface area contributed by atoms with Crippen LogP contribution < -0.4 is 31.1 Å². The van der Waals surface area contributed by atoms with E-state index in [9.17, 15) is 0 Å². The molecule has 0 amide bonds. The minimum Gasteiger partial charge on any atom is -0.365 e. The summed E-state index contributed by atoms with van der Waals surface area (Å²) in [4.78, 5) is 8.39. The number of benzene rings is 11. The fourth-order valence-electron chi connectivity index (χ4n) is 15.2. The van der Waals surface area contributed by atoms with Gasteiger partial charge in [-0.25, -0.2) is 0 Å². The first-order chi connectivity index (χ1) is 39.2. The maximum absolute atomic E-state index is 2.93. The van der Waals surface area contributed by atoms with E-state index >= 15 is 0 Å². The summed E-state index contributed by atoms with van der Waals surface area (Å²) in [7, 11) is 0. The Labute approximate surface area is 464 Å². The van der Waals surface area contributed by atoms with Gasteiger partial charge in [0.15, 0.2) is 0 Å². The predicted octanol–water partition coefficient (Wildman–Crippen LogP) is 17.5. The van der Waals surface area contributed by atoms with E-state index in [1.54, 1.807) is 0 Å². The van der Waals surface area contributed by atoms with Gasteiger partial charge in [-0.1, -0.05) is 243 Å². The van der Waals surface area contributed by atoms with Crippen molar-refractivity contribution in [2.45, 2.75) is 44.2 Å². The monoisotopic (exact) mass is 1010 g/mol. The van der Waals surface area contributed by atoms with Crippen LogP contribution in [0.15, 0.2) is 267 Å². The van der Waals surface area contributed by atoms with Crippen LogP contribution in [0.2, 0.25) is 0 Å². The van der Waals surface area contributed by atoms with Crippen LogP contribution in [0.1, 0.15) is 32.1 Å². The van der Waals surface area contributed by atoms with Crippen molar-refractivity contribution in [3.05, 3.63) is 267 Å². The molecule has 0 unspecified atom stereocenters. The molecule has 0 spiro atoms.